The molecular weight excluding hydrogens is 319 g/mol. The molecule has 0 atom stereocenters. The Morgan fingerprint density at radius 3 is 2.91 bits per heavy atom. The molecule has 1 aliphatic carbocycles. The molecule has 1 saturated carbocycles. The molecule has 3 aromatic rings. The molecule has 1 amide bonds. The molecule has 1 aliphatic rings. The Hall–Kier alpha value is -2.47. The number of nitrogens with one attached hydrogen (secondary N) is 1. The van der Waals surface area contributed by atoms with Crippen molar-refractivity contribution in [2.24, 2.45) is 0 Å². The van der Waals surface area contributed by atoms with Gasteiger partial charge in [-0.1, -0.05) is 11.6 Å². The van der Waals surface area contributed by atoms with Gasteiger partial charge in [-0.15, -0.1) is 0 Å². The van der Waals surface area contributed by atoms with Gasteiger partial charge in [0.25, 0.3) is 5.91 Å². The van der Waals surface area contributed by atoms with Crippen LogP contribution in [0.3, 0.4) is 0 Å². The van der Waals surface area contributed by atoms with E-state index in [1.165, 1.54) is 18.2 Å². The van der Waals surface area contributed by atoms with E-state index >= 15 is 0 Å². The number of nitrogens with zero attached hydrogens (tertiary/aromatic N) is 3. The summed E-state index contributed by atoms with van der Waals surface area (Å²) in [5.41, 5.74) is 2.07. The largest absolute Gasteiger partial charge is 0.319 e. The monoisotopic (exact) mass is 330 g/mol. The lowest BCUT2D eigenvalue weighted by atomic mass is 10.2. The van der Waals surface area contributed by atoms with Gasteiger partial charge in [0.2, 0.25) is 0 Å². The van der Waals surface area contributed by atoms with Crippen LogP contribution in [0.25, 0.3) is 5.65 Å². The number of anilines is 1. The summed E-state index contributed by atoms with van der Waals surface area (Å²) >= 11 is 5.98. The molecule has 0 saturated heterocycles. The third-order valence-electron chi connectivity index (χ3n) is 3.79. The minimum atomic E-state index is -0.470. The standard InChI is InChI=1S/C16H12ClFN4O/c17-11-4-3-10(18)7-12(11)21-16(23)13-8-14(9-1-2-9)22-15(20-13)5-6-19-22/h3-9H,1-2H2,(H,21,23). The minimum absolute atomic E-state index is 0.222. The number of hydrogen-bond donors (Lipinski definition) is 1. The number of carbonyl (C=O) groups is 1. The van der Waals surface area contributed by atoms with Crippen molar-refractivity contribution in [3.8, 4) is 0 Å². The molecule has 2 heterocycles. The molecule has 23 heavy (non-hydrogen) atoms. The van der Waals surface area contributed by atoms with E-state index in [0.717, 1.165) is 18.5 Å². The van der Waals surface area contributed by atoms with E-state index in [9.17, 15) is 9.18 Å². The lowest BCUT2D eigenvalue weighted by Crippen LogP contribution is -2.16. The molecule has 0 unspecified atom stereocenters. The van der Waals surface area contributed by atoms with Crippen molar-refractivity contribution in [3.05, 3.63) is 58.8 Å². The summed E-state index contributed by atoms with van der Waals surface area (Å²) in [4.78, 5) is 16.8. The number of benzene rings is 1. The van der Waals surface area contributed by atoms with E-state index in [-0.39, 0.29) is 16.4 Å². The molecule has 7 heteroatoms. The van der Waals surface area contributed by atoms with Gasteiger partial charge in [-0.05, 0) is 37.1 Å². The van der Waals surface area contributed by atoms with Gasteiger partial charge < -0.3 is 5.32 Å². The fourth-order valence-electron chi connectivity index (χ4n) is 2.50. The number of aromatic nitrogens is 3. The molecule has 1 aromatic carbocycles. The highest BCUT2D eigenvalue weighted by molar-refractivity contribution is 6.33. The average Bonchev–Trinajstić information content (AvgIpc) is 3.27. The average molecular weight is 331 g/mol. The van der Waals surface area contributed by atoms with E-state index in [1.807, 2.05) is 0 Å². The van der Waals surface area contributed by atoms with Gasteiger partial charge in [-0.2, -0.15) is 5.10 Å². The van der Waals surface area contributed by atoms with Crippen LogP contribution in [-0.4, -0.2) is 20.5 Å². The summed E-state index contributed by atoms with van der Waals surface area (Å²) in [5, 5.41) is 7.12. The van der Waals surface area contributed by atoms with Crippen molar-refractivity contribution >= 4 is 28.8 Å². The van der Waals surface area contributed by atoms with E-state index in [1.54, 1.807) is 22.8 Å². The molecule has 1 fully saturated rings. The van der Waals surface area contributed by atoms with Crippen LogP contribution in [0.15, 0.2) is 36.5 Å². The first-order valence-corrected chi connectivity index (χ1v) is 7.61. The van der Waals surface area contributed by atoms with E-state index < -0.39 is 11.7 Å². The van der Waals surface area contributed by atoms with Crippen molar-refractivity contribution in [3.63, 3.8) is 0 Å². The maximum atomic E-state index is 13.3. The Kier molecular flexibility index (Phi) is 3.27. The van der Waals surface area contributed by atoms with Crippen LogP contribution in [0.5, 0.6) is 0 Å². The summed E-state index contributed by atoms with van der Waals surface area (Å²) in [7, 11) is 0. The van der Waals surface area contributed by atoms with E-state index in [0.29, 0.717) is 11.6 Å². The second-order valence-corrected chi connectivity index (χ2v) is 5.93. The van der Waals surface area contributed by atoms with Crippen LogP contribution in [0.1, 0.15) is 34.9 Å². The fraction of sp³-hybridized carbons (Fsp3) is 0.188. The lowest BCUT2D eigenvalue weighted by Gasteiger charge is -2.09. The maximum Gasteiger partial charge on any atom is 0.274 e. The smallest absolute Gasteiger partial charge is 0.274 e. The first-order valence-electron chi connectivity index (χ1n) is 7.23. The molecule has 0 spiro atoms. The fourth-order valence-corrected chi connectivity index (χ4v) is 2.67. The van der Waals surface area contributed by atoms with Gasteiger partial charge in [0, 0.05) is 17.7 Å². The Morgan fingerprint density at radius 1 is 1.30 bits per heavy atom. The number of hydrogen-bond acceptors (Lipinski definition) is 3. The van der Waals surface area contributed by atoms with Crippen LogP contribution in [0.2, 0.25) is 5.02 Å². The van der Waals surface area contributed by atoms with Crippen molar-refractivity contribution in [1.29, 1.82) is 0 Å². The van der Waals surface area contributed by atoms with Gasteiger partial charge >= 0.3 is 0 Å². The van der Waals surface area contributed by atoms with Gasteiger partial charge in [0.15, 0.2) is 5.65 Å². The molecule has 0 bridgehead atoms. The van der Waals surface area contributed by atoms with Crippen LogP contribution in [0, 0.1) is 5.82 Å². The summed E-state index contributed by atoms with van der Waals surface area (Å²) in [6, 6.07) is 7.30. The quantitative estimate of drug-likeness (QED) is 0.797. The third kappa shape index (κ3) is 2.66. The van der Waals surface area contributed by atoms with Crippen molar-refractivity contribution in [1.82, 2.24) is 14.6 Å². The second kappa shape index (κ2) is 5.31. The molecule has 1 N–H and O–H groups in total. The lowest BCUT2D eigenvalue weighted by molar-refractivity contribution is 0.102. The summed E-state index contributed by atoms with van der Waals surface area (Å²) in [6.45, 7) is 0. The number of fused-ring (bicyclic) bond motifs is 1. The predicted octanol–water partition coefficient (Wildman–Crippen LogP) is 3.65. The highest BCUT2D eigenvalue weighted by atomic mass is 35.5. The van der Waals surface area contributed by atoms with Gasteiger partial charge in [0.1, 0.15) is 11.5 Å². The van der Waals surface area contributed by atoms with Gasteiger partial charge in [-0.25, -0.2) is 13.9 Å². The minimum Gasteiger partial charge on any atom is -0.319 e. The molecule has 0 aliphatic heterocycles. The molecule has 4 rings (SSSR count). The number of amides is 1. The first-order chi connectivity index (χ1) is 11.1. The zero-order chi connectivity index (χ0) is 16.0. The van der Waals surface area contributed by atoms with E-state index in [2.05, 4.69) is 15.4 Å². The summed E-state index contributed by atoms with van der Waals surface area (Å²) in [6.07, 6.45) is 3.81. The number of rotatable bonds is 3. The van der Waals surface area contributed by atoms with Crippen molar-refractivity contribution < 1.29 is 9.18 Å². The SMILES string of the molecule is O=C(Nc1cc(F)ccc1Cl)c1cc(C2CC2)n2nccc2n1. The first kappa shape index (κ1) is 14.1. The molecule has 0 radical (unpaired) electrons. The zero-order valence-corrected chi connectivity index (χ0v) is 12.7. The van der Waals surface area contributed by atoms with Gasteiger partial charge in [0.05, 0.1) is 16.9 Å². The van der Waals surface area contributed by atoms with Crippen LogP contribution in [-0.2, 0) is 0 Å². The Labute approximate surface area is 136 Å². The Balaban J connectivity index is 1.70. The van der Waals surface area contributed by atoms with Crippen LogP contribution < -0.4 is 5.32 Å². The highest BCUT2D eigenvalue weighted by Crippen LogP contribution is 2.40. The molecule has 2 aromatic heterocycles. The normalized spacial score (nSPS) is 14.2. The topological polar surface area (TPSA) is 59.3 Å². The predicted molar refractivity (Wildman–Crippen MR) is 84.3 cm³/mol. The van der Waals surface area contributed by atoms with Crippen LogP contribution in [0.4, 0.5) is 10.1 Å². The molecular formula is C16H12ClFN4O. The highest BCUT2D eigenvalue weighted by Gasteiger charge is 2.28. The van der Waals surface area contributed by atoms with Crippen molar-refractivity contribution in [2.75, 3.05) is 5.32 Å². The summed E-state index contributed by atoms with van der Waals surface area (Å²) in [5.74, 6) is -0.490. The zero-order valence-electron chi connectivity index (χ0n) is 12.0. The van der Waals surface area contributed by atoms with Crippen LogP contribution >= 0.6 is 11.6 Å². The molecule has 5 nitrogen and oxygen atoms in total. The molecule has 116 valence electrons. The number of halogens is 2. The van der Waals surface area contributed by atoms with Crippen molar-refractivity contribution in [2.45, 2.75) is 18.8 Å². The van der Waals surface area contributed by atoms with Gasteiger partial charge in [-0.3, -0.25) is 4.79 Å². The number of carbonyl (C=O) groups excluding carboxylic acids is 1. The second-order valence-electron chi connectivity index (χ2n) is 5.52. The Bertz CT molecular complexity index is 920. The Morgan fingerprint density at radius 2 is 2.13 bits per heavy atom. The maximum absolute atomic E-state index is 13.3. The van der Waals surface area contributed by atoms with E-state index in [4.69, 9.17) is 11.6 Å². The third-order valence-corrected chi connectivity index (χ3v) is 4.12. The summed E-state index contributed by atoms with van der Waals surface area (Å²) < 4.78 is 15.1.